The summed E-state index contributed by atoms with van der Waals surface area (Å²) in [4.78, 5) is 23.3. The van der Waals surface area contributed by atoms with Crippen LogP contribution < -0.4 is 10.1 Å². The summed E-state index contributed by atoms with van der Waals surface area (Å²) < 4.78 is 91.5. The monoisotopic (exact) mass is 571 g/mol. The Morgan fingerprint density at radius 1 is 0.641 bits per heavy atom. The van der Waals surface area contributed by atoms with Gasteiger partial charge in [-0.3, -0.25) is 9.59 Å². The van der Waals surface area contributed by atoms with Gasteiger partial charge in [-0.05, 0) is 18.3 Å². The standard InChI is InChI=1S/C26H38F5NO7/c1-26(2,3)8-4-5-9-32-18(33)6-10-35-12-14-37-16-17-38-15-13-36-11-7-19(34)39-25-23(30)21(28)20(27)22(29)24(25)31/h4-17H2,1-3H3,(H,32,33). The fraction of sp³-hybridized carbons (Fsp3) is 0.692. The molecule has 0 atom stereocenters. The number of amides is 1. The largest absolute Gasteiger partial charge is 0.420 e. The van der Waals surface area contributed by atoms with Crippen LogP contribution >= 0.6 is 0 Å². The molecule has 39 heavy (non-hydrogen) atoms. The number of unbranched alkanes of at least 4 members (excludes halogenated alkanes) is 1. The van der Waals surface area contributed by atoms with Crippen molar-refractivity contribution in [1.82, 2.24) is 5.32 Å². The van der Waals surface area contributed by atoms with Gasteiger partial charge in [-0.2, -0.15) is 8.78 Å². The number of hydrogen-bond acceptors (Lipinski definition) is 7. The average molecular weight is 572 g/mol. The van der Waals surface area contributed by atoms with Gasteiger partial charge in [0.05, 0.1) is 59.3 Å². The molecule has 0 aliphatic rings. The van der Waals surface area contributed by atoms with Gasteiger partial charge >= 0.3 is 5.97 Å². The van der Waals surface area contributed by atoms with Gasteiger partial charge in [0, 0.05) is 13.0 Å². The van der Waals surface area contributed by atoms with Crippen molar-refractivity contribution in [2.24, 2.45) is 5.41 Å². The maximum atomic E-state index is 13.5. The lowest BCUT2D eigenvalue weighted by Crippen LogP contribution is -2.25. The first-order chi connectivity index (χ1) is 18.4. The van der Waals surface area contributed by atoms with Gasteiger partial charge in [-0.1, -0.05) is 27.2 Å². The third kappa shape index (κ3) is 15.1. The van der Waals surface area contributed by atoms with E-state index in [4.69, 9.17) is 18.9 Å². The van der Waals surface area contributed by atoms with Gasteiger partial charge in [0.15, 0.2) is 0 Å². The summed E-state index contributed by atoms with van der Waals surface area (Å²) in [5, 5.41) is 2.87. The molecular formula is C26H38F5NO7. The predicted octanol–water partition coefficient (Wildman–Crippen LogP) is 4.47. The van der Waals surface area contributed by atoms with E-state index in [1.165, 1.54) is 0 Å². The van der Waals surface area contributed by atoms with Crippen molar-refractivity contribution < 1.29 is 55.2 Å². The van der Waals surface area contributed by atoms with E-state index >= 15 is 0 Å². The Kier molecular flexibility index (Phi) is 16.8. The fourth-order valence-electron chi connectivity index (χ4n) is 3.02. The minimum absolute atomic E-state index is 0.0411. The molecule has 13 heteroatoms. The predicted molar refractivity (Wildman–Crippen MR) is 131 cm³/mol. The first-order valence-electron chi connectivity index (χ1n) is 12.7. The second kappa shape index (κ2) is 18.9. The molecule has 1 aromatic carbocycles. The molecule has 224 valence electrons. The van der Waals surface area contributed by atoms with Crippen molar-refractivity contribution in [3.8, 4) is 5.75 Å². The number of esters is 1. The van der Waals surface area contributed by atoms with Gasteiger partial charge in [-0.25, -0.2) is 13.2 Å². The molecule has 0 saturated carbocycles. The summed E-state index contributed by atoms with van der Waals surface area (Å²) in [5.41, 5.74) is 0.305. The summed E-state index contributed by atoms with van der Waals surface area (Å²) in [6, 6.07) is 0. The molecule has 1 rings (SSSR count). The SMILES string of the molecule is CC(C)(C)CCCCNC(=O)CCOCCOCCOCCOCCC(=O)Oc1c(F)c(F)c(F)c(F)c1F. The van der Waals surface area contributed by atoms with E-state index in [2.05, 4.69) is 30.8 Å². The number of ether oxygens (including phenoxy) is 5. The van der Waals surface area contributed by atoms with Crippen molar-refractivity contribution in [3.63, 3.8) is 0 Å². The molecular weight excluding hydrogens is 533 g/mol. The van der Waals surface area contributed by atoms with E-state index in [1.54, 1.807) is 0 Å². The first-order valence-corrected chi connectivity index (χ1v) is 12.7. The van der Waals surface area contributed by atoms with Crippen LogP contribution in [0.2, 0.25) is 0 Å². The molecule has 0 saturated heterocycles. The number of carbonyl (C=O) groups is 2. The van der Waals surface area contributed by atoms with Crippen LogP contribution in [0.5, 0.6) is 5.75 Å². The van der Waals surface area contributed by atoms with Crippen LogP contribution in [0.1, 0.15) is 52.9 Å². The van der Waals surface area contributed by atoms with Gasteiger partial charge < -0.3 is 29.0 Å². The van der Waals surface area contributed by atoms with Crippen LogP contribution in [0.15, 0.2) is 0 Å². The molecule has 0 radical (unpaired) electrons. The topological polar surface area (TPSA) is 92.3 Å². The van der Waals surface area contributed by atoms with Crippen LogP contribution in [0.4, 0.5) is 22.0 Å². The summed E-state index contributed by atoms with van der Waals surface area (Å²) in [7, 11) is 0. The van der Waals surface area contributed by atoms with Gasteiger partial charge in [0.25, 0.3) is 0 Å². The minimum atomic E-state index is -2.35. The zero-order chi connectivity index (χ0) is 29.3. The normalized spacial score (nSPS) is 11.6. The molecule has 0 fully saturated rings. The molecule has 0 bridgehead atoms. The Morgan fingerprint density at radius 3 is 1.56 bits per heavy atom. The Hall–Kier alpha value is -2.35. The molecule has 0 unspecified atom stereocenters. The van der Waals surface area contributed by atoms with E-state index in [-0.39, 0.29) is 38.8 Å². The average Bonchev–Trinajstić information content (AvgIpc) is 2.88. The lowest BCUT2D eigenvalue weighted by Gasteiger charge is -2.17. The molecule has 0 aliphatic carbocycles. The van der Waals surface area contributed by atoms with Crippen molar-refractivity contribution >= 4 is 11.9 Å². The fourth-order valence-corrected chi connectivity index (χ4v) is 3.02. The highest BCUT2D eigenvalue weighted by Gasteiger charge is 2.28. The van der Waals surface area contributed by atoms with Crippen molar-refractivity contribution in [1.29, 1.82) is 0 Å². The molecule has 1 N–H and O–H groups in total. The molecule has 8 nitrogen and oxygen atoms in total. The van der Waals surface area contributed by atoms with Crippen LogP contribution in [0, 0.1) is 34.5 Å². The summed E-state index contributed by atoms with van der Waals surface area (Å²) in [5.74, 6) is -14.2. The minimum Gasteiger partial charge on any atom is -0.420 e. The molecule has 1 aromatic rings. The smallest absolute Gasteiger partial charge is 0.313 e. The third-order valence-corrected chi connectivity index (χ3v) is 5.10. The van der Waals surface area contributed by atoms with Crippen molar-refractivity contribution in [2.45, 2.75) is 52.9 Å². The molecule has 0 aromatic heterocycles. The van der Waals surface area contributed by atoms with Crippen LogP contribution in [0.25, 0.3) is 0 Å². The van der Waals surface area contributed by atoms with E-state index in [0.29, 0.717) is 38.4 Å². The molecule has 0 heterocycles. The number of rotatable bonds is 20. The van der Waals surface area contributed by atoms with Crippen LogP contribution in [-0.4, -0.2) is 71.3 Å². The van der Waals surface area contributed by atoms with E-state index in [1.807, 2.05) is 0 Å². The lowest BCUT2D eigenvalue weighted by molar-refractivity contribution is -0.136. The second-order valence-corrected chi connectivity index (χ2v) is 9.69. The Labute approximate surface area is 225 Å². The number of benzene rings is 1. The molecule has 0 spiro atoms. The number of halogens is 5. The Morgan fingerprint density at radius 2 is 1.08 bits per heavy atom. The molecule has 1 amide bonds. The number of nitrogens with one attached hydrogen (secondary N) is 1. The van der Waals surface area contributed by atoms with E-state index in [9.17, 15) is 31.5 Å². The second-order valence-electron chi connectivity index (χ2n) is 9.69. The highest BCUT2D eigenvalue weighted by Crippen LogP contribution is 2.29. The lowest BCUT2D eigenvalue weighted by atomic mass is 9.90. The zero-order valence-electron chi connectivity index (χ0n) is 22.6. The zero-order valence-corrected chi connectivity index (χ0v) is 22.6. The maximum absolute atomic E-state index is 13.5. The molecule has 0 aliphatic heterocycles. The van der Waals surface area contributed by atoms with Crippen molar-refractivity contribution in [2.75, 3.05) is 59.4 Å². The van der Waals surface area contributed by atoms with E-state index in [0.717, 1.165) is 19.3 Å². The van der Waals surface area contributed by atoms with Crippen LogP contribution in [-0.2, 0) is 28.5 Å². The maximum Gasteiger partial charge on any atom is 0.313 e. The van der Waals surface area contributed by atoms with Gasteiger partial charge in [-0.15, -0.1) is 0 Å². The number of carbonyl (C=O) groups excluding carboxylic acids is 2. The Balaban J connectivity index is 1.94. The van der Waals surface area contributed by atoms with Crippen LogP contribution in [0.3, 0.4) is 0 Å². The Bertz CT molecular complexity index is 867. The summed E-state index contributed by atoms with van der Waals surface area (Å²) in [6.45, 7) is 8.81. The highest BCUT2D eigenvalue weighted by molar-refractivity contribution is 5.75. The highest BCUT2D eigenvalue weighted by atomic mass is 19.2. The first kappa shape index (κ1) is 34.7. The summed E-state index contributed by atoms with van der Waals surface area (Å²) in [6.07, 6.45) is 2.95. The van der Waals surface area contributed by atoms with Gasteiger partial charge in [0.2, 0.25) is 40.7 Å². The van der Waals surface area contributed by atoms with Gasteiger partial charge in [0.1, 0.15) is 0 Å². The quantitative estimate of drug-likeness (QED) is 0.0617. The third-order valence-electron chi connectivity index (χ3n) is 5.10. The number of hydrogen-bond donors (Lipinski definition) is 1. The summed E-state index contributed by atoms with van der Waals surface area (Å²) >= 11 is 0. The van der Waals surface area contributed by atoms with Crippen molar-refractivity contribution in [3.05, 3.63) is 29.1 Å². The van der Waals surface area contributed by atoms with E-state index < -0.39 is 47.2 Å².